The van der Waals surface area contributed by atoms with Crippen LogP contribution in [0.4, 0.5) is 0 Å². The molecule has 2 aliphatic carbocycles. The molecule has 0 amide bonds. The van der Waals surface area contributed by atoms with E-state index in [1.165, 1.54) is 11.8 Å². The van der Waals surface area contributed by atoms with Crippen molar-refractivity contribution in [1.82, 2.24) is 0 Å². The van der Waals surface area contributed by atoms with Crippen LogP contribution in [0.1, 0.15) is 6.42 Å². The van der Waals surface area contributed by atoms with Crippen LogP contribution in [0.2, 0.25) is 0 Å². The Morgan fingerprint density at radius 3 is 1.80 bits per heavy atom. The predicted molar refractivity (Wildman–Crippen MR) is 29.4 cm³/mol. The number of hydrogen-bond donors (Lipinski definition) is 0. The summed E-state index contributed by atoms with van der Waals surface area (Å²) >= 11 is 2.53. The summed E-state index contributed by atoms with van der Waals surface area (Å²) in [6, 6.07) is 0. The Morgan fingerprint density at radius 1 is 1.40 bits per heavy atom. The zero-order valence-electron chi connectivity index (χ0n) is 2.82. The summed E-state index contributed by atoms with van der Waals surface area (Å²) in [5.74, 6) is 2.41. The average Bonchev–Trinajstić information content (AvgIpc) is 2.11. The lowest BCUT2D eigenvalue weighted by molar-refractivity contribution is 0.959. The molecule has 0 bridgehead atoms. The molecule has 0 aromatic heterocycles. The van der Waals surface area contributed by atoms with Crippen LogP contribution >= 0.6 is 22.6 Å². The van der Waals surface area contributed by atoms with Crippen LogP contribution in [0, 0.1) is 11.8 Å². The number of halogens is 1. The van der Waals surface area contributed by atoms with Gasteiger partial charge in [0.15, 0.2) is 0 Å². The van der Waals surface area contributed by atoms with Gasteiger partial charge in [0.25, 0.3) is 0 Å². The lowest BCUT2D eigenvalue weighted by atomic mass is 10.4. The first kappa shape index (κ1) is 2.83. The van der Waals surface area contributed by atoms with Gasteiger partial charge in [0.05, 0.1) is 0 Å². The van der Waals surface area contributed by atoms with Crippen LogP contribution < -0.4 is 0 Å². The number of rotatable bonds is 0. The van der Waals surface area contributed by atoms with Crippen molar-refractivity contribution in [3.63, 3.8) is 0 Å². The van der Waals surface area contributed by atoms with E-state index < -0.39 is 0 Å². The zero-order chi connectivity index (χ0) is 3.44. The molecule has 2 fully saturated rings. The van der Waals surface area contributed by atoms with E-state index >= 15 is 0 Å². The Labute approximate surface area is 45.1 Å². The van der Waals surface area contributed by atoms with Crippen molar-refractivity contribution >= 4 is 22.6 Å². The van der Waals surface area contributed by atoms with Crippen LogP contribution in [0.15, 0.2) is 0 Å². The Kier molecular flexibility index (Phi) is 0.324. The van der Waals surface area contributed by atoms with Gasteiger partial charge in [0.2, 0.25) is 0 Å². The molecule has 0 saturated heterocycles. The number of alkyl halides is 1. The largest absolute Gasteiger partial charge is 0.0820 e. The van der Waals surface area contributed by atoms with E-state index in [1.807, 2.05) is 0 Å². The highest BCUT2D eigenvalue weighted by Crippen LogP contribution is 2.66. The van der Waals surface area contributed by atoms with Crippen molar-refractivity contribution in [2.45, 2.75) is 10.3 Å². The normalized spacial score (nSPS) is 70.2. The van der Waals surface area contributed by atoms with E-state index in [4.69, 9.17) is 0 Å². The molecular weight excluding hydrogens is 175 g/mol. The summed E-state index contributed by atoms with van der Waals surface area (Å²) in [6.45, 7) is 0. The molecule has 0 heterocycles. The summed E-state index contributed by atoms with van der Waals surface area (Å²) in [6.07, 6.45) is 1.56. The highest BCUT2D eigenvalue weighted by Gasteiger charge is 2.62. The highest BCUT2D eigenvalue weighted by atomic mass is 127. The zero-order valence-corrected chi connectivity index (χ0v) is 4.97. The van der Waals surface area contributed by atoms with Gasteiger partial charge < -0.3 is 0 Å². The van der Waals surface area contributed by atoms with E-state index in [9.17, 15) is 0 Å². The molecule has 28 valence electrons. The summed E-state index contributed by atoms with van der Waals surface area (Å²) in [7, 11) is 0. The van der Waals surface area contributed by atoms with E-state index in [0.29, 0.717) is 0 Å². The fourth-order valence-corrected chi connectivity index (χ4v) is 2.11. The first-order valence-electron chi connectivity index (χ1n) is 2.03. The molecule has 0 spiro atoms. The molecule has 0 radical (unpaired) electrons. The highest BCUT2D eigenvalue weighted by molar-refractivity contribution is 14.1. The smallest absolute Gasteiger partial charge is 0.0172 e. The Morgan fingerprint density at radius 2 is 1.80 bits per heavy atom. The van der Waals surface area contributed by atoms with E-state index in [2.05, 4.69) is 22.6 Å². The third-order valence-corrected chi connectivity index (χ3v) is 3.42. The Hall–Kier alpha value is 0.730. The number of hydrogen-bond acceptors (Lipinski definition) is 0. The first-order chi connectivity index (χ1) is 2.39. The first-order valence-corrected chi connectivity index (χ1v) is 3.28. The van der Waals surface area contributed by atoms with Gasteiger partial charge in [-0.2, -0.15) is 0 Å². The van der Waals surface area contributed by atoms with Crippen molar-refractivity contribution in [3.8, 4) is 0 Å². The van der Waals surface area contributed by atoms with Crippen LogP contribution in [0.3, 0.4) is 0 Å². The van der Waals surface area contributed by atoms with E-state index in [-0.39, 0.29) is 0 Å². The lowest BCUT2D eigenvalue weighted by Gasteiger charge is -1.79. The van der Waals surface area contributed by atoms with Crippen molar-refractivity contribution in [3.05, 3.63) is 0 Å². The van der Waals surface area contributed by atoms with Crippen molar-refractivity contribution in [2.24, 2.45) is 11.8 Å². The molecule has 0 aromatic rings. The van der Waals surface area contributed by atoms with Gasteiger partial charge in [-0.15, -0.1) is 0 Å². The standard InChI is InChI=1S/C4H5I/c5-4-2-1-3(2)4/h2-4H,1H2/t2-,3?,4+/m0/s1. The molecule has 2 saturated carbocycles. The van der Waals surface area contributed by atoms with Crippen molar-refractivity contribution in [2.75, 3.05) is 0 Å². The van der Waals surface area contributed by atoms with Gasteiger partial charge in [-0.3, -0.25) is 0 Å². The quantitative estimate of drug-likeness (QED) is 0.390. The molecular formula is C4H5I. The Balaban J connectivity index is 2.19. The monoisotopic (exact) mass is 180 g/mol. The third-order valence-electron chi connectivity index (χ3n) is 1.57. The molecule has 0 aromatic carbocycles. The number of fused-ring (bicyclic) bond motifs is 1. The average molecular weight is 180 g/mol. The molecule has 2 rings (SSSR count). The topological polar surface area (TPSA) is 0 Å². The fraction of sp³-hybridized carbons (Fsp3) is 1.00. The minimum absolute atomic E-state index is 1.12. The summed E-state index contributed by atoms with van der Waals surface area (Å²) in [5, 5.41) is 0. The van der Waals surface area contributed by atoms with Crippen LogP contribution in [0.5, 0.6) is 0 Å². The van der Waals surface area contributed by atoms with Gasteiger partial charge in [0, 0.05) is 3.92 Å². The van der Waals surface area contributed by atoms with Gasteiger partial charge in [0.1, 0.15) is 0 Å². The lowest BCUT2D eigenvalue weighted by Crippen LogP contribution is -1.76. The maximum atomic E-state index is 2.53. The second-order valence-electron chi connectivity index (χ2n) is 2.01. The molecule has 5 heavy (non-hydrogen) atoms. The molecule has 1 unspecified atom stereocenters. The summed E-state index contributed by atoms with van der Waals surface area (Å²) in [5.41, 5.74) is 0. The van der Waals surface area contributed by atoms with Crippen LogP contribution in [-0.2, 0) is 0 Å². The van der Waals surface area contributed by atoms with Crippen LogP contribution in [-0.4, -0.2) is 3.92 Å². The second kappa shape index (κ2) is 0.572. The maximum absolute atomic E-state index is 2.53. The third kappa shape index (κ3) is 0.218. The minimum Gasteiger partial charge on any atom is -0.0820 e. The van der Waals surface area contributed by atoms with Crippen molar-refractivity contribution in [1.29, 1.82) is 0 Å². The maximum Gasteiger partial charge on any atom is 0.0172 e. The Bertz CT molecular complexity index is 55.3. The predicted octanol–water partition coefficient (Wildman–Crippen LogP) is 1.44. The van der Waals surface area contributed by atoms with Gasteiger partial charge >= 0.3 is 0 Å². The summed E-state index contributed by atoms with van der Waals surface area (Å²) < 4.78 is 1.12. The fourth-order valence-electron chi connectivity index (χ4n) is 0.698. The van der Waals surface area contributed by atoms with E-state index in [0.717, 1.165) is 3.92 Å². The van der Waals surface area contributed by atoms with Crippen LogP contribution in [0.25, 0.3) is 0 Å². The van der Waals surface area contributed by atoms with Crippen molar-refractivity contribution < 1.29 is 0 Å². The van der Waals surface area contributed by atoms with Gasteiger partial charge in [-0.25, -0.2) is 0 Å². The molecule has 3 atom stereocenters. The molecule has 0 aliphatic heterocycles. The van der Waals surface area contributed by atoms with Gasteiger partial charge in [-0.05, 0) is 18.3 Å². The SMILES string of the molecule is I[C@H]1C2C[C@@H]21. The van der Waals surface area contributed by atoms with Gasteiger partial charge in [-0.1, -0.05) is 22.6 Å². The molecule has 0 N–H and O–H groups in total. The molecule has 0 nitrogen and oxygen atoms in total. The molecule has 1 heteroatoms. The van der Waals surface area contributed by atoms with E-state index in [1.54, 1.807) is 6.42 Å². The summed E-state index contributed by atoms with van der Waals surface area (Å²) in [4.78, 5) is 0. The minimum atomic E-state index is 1.12. The molecule has 2 aliphatic rings. The second-order valence-corrected chi connectivity index (χ2v) is 3.45.